The Bertz CT molecular complexity index is 154. The molecule has 40 valence electrons. The standard InChI is InChI=1S/C4H2N2O2/c7-3-1-5-4(8)2-6-3/h1-2H. The van der Waals surface area contributed by atoms with E-state index in [0.717, 1.165) is 12.4 Å². The summed E-state index contributed by atoms with van der Waals surface area (Å²) in [6.45, 7) is 0. The third kappa shape index (κ3) is 0.841. The Morgan fingerprint density at radius 1 is 1.00 bits per heavy atom. The van der Waals surface area contributed by atoms with E-state index in [4.69, 9.17) is 0 Å². The maximum atomic E-state index is 10.1. The summed E-state index contributed by atoms with van der Waals surface area (Å²) in [6, 6.07) is 0. The maximum absolute atomic E-state index is 10.1. The highest BCUT2D eigenvalue weighted by atomic mass is 16.2. The van der Waals surface area contributed by atoms with Gasteiger partial charge in [0.25, 0.3) is 11.8 Å². The van der Waals surface area contributed by atoms with Crippen LogP contribution in [0.15, 0.2) is 9.98 Å². The average molecular weight is 110 g/mol. The number of nitrogens with zero attached hydrogens (tertiary/aromatic N) is 2. The maximum Gasteiger partial charge on any atom is 0.288 e. The summed E-state index contributed by atoms with van der Waals surface area (Å²) in [5, 5.41) is 0. The first kappa shape index (κ1) is 4.83. The number of hydrogen-bond acceptors (Lipinski definition) is 2. The summed E-state index contributed by atoms with van der Waals surface area (Å²) in [4.78, 5) is 26.5. The zero-order chi connectivity index (χ0) is 5.98. The summed E-state index contributed by atoms with van der Waals surface area (Å²) in [5.41, 5.74) is 0. The highest BCUT2D eigenvalue weighted by Crippen LogP contribution is 1.79. The van der Waals surface area contributed by atoms with Crippen LogP contribution in [0.5, 0.6) is 0 Å². The number of hydrogen-bond donors (Lipinski definition) is 0. The SMILES string of the molecule is O=C1C=NC(=O)C=N1. The van der Waals surface area contributed by atoms with Crippen molar-refractivity contribution in [2.45, 2.75) is 0 Å². The van der Waals surface area contributed by atoms with Crippen LogP contribution in [0, 0.1) is 0 Å². The van der Waals surface area contributed by atoms with Crippen LogP contribution >= 0.6 is 0 Å². The van der Waals surface area contributed by atoms with Crippen LogP contribution in [0.1, 0.15) is 0 Å². The molecule has 0 fully saturated rings. The Morgan fingerprint density at radius 2 is 1.38 bits per heavy atom. The van der Waals surface area contributed by atoms with Crippen molar-refractivity contribution in [1.82, 2.24) is 0 Å². The zero-order valence-corrected chi connectivity index (χ0v) is 3.87. The second kappa shape index (κ2) is 1.65. The van der Waals surface area contributed by atoms with Crippen molar-refractivity contribution in [2.24, 2.45) is 9.98 Å². The van der Waals surface area contributed by atoms with Crippen molar-refractivity contribution < 1.29 is 9.59 Å². The highest BCUT2D eigenvalue weighted by molar-refractivity contribution is 6.42. The largest absolute Gasteiger partial charge is 0.288 e. The Hall–Kier alpha value is -1.32. The van der Waals surface area contributed by atoms with Crippen molar-refractivity contribution in [3.8, 4) is 0 Å². The highest BCUT2D eigenvalue weighted by Gasteiger charge is 2.00. The van der Waals surface area contributed by atoms with Gasteiger partial charge in [-0.1, -0.05) is 0 Å². The molecule has 0 saturated heterocycles. The lowest BCUT2D eigenvalue weighted by molar-refractivity contribution is -0.114. The topological polar surface area (TPSA) is 58.9 Å². The molecule has 4 heteroatoms. The van der Waals surface area contributed by atoms with Gasteiger partial charge in [0.2, 0.25) is 0 Å². The van der Waals surface area contributed by atoms with Crippen LogP contribution < -0.4 is 0 Å². The molecule has 0 radical (unpaired) electrons. The summed E-state index contributed by atoms with van der Waals surface area (Å²) in [5.74, 6) is -0.964. The van der Waals surface area contributed by atoms with Gasteiger partial charge in [-0.3, -0.25) is 9.59 Å². The molecule has 2 amide bonds. The van der Waals surface area contributed by atoms with Gasteiger partial charge in [-0.05, 0) is 0 Å². The fourth-order valence-corrected chi connectivity index (χ4v) is 0.304. The Kier molecular flexibility index (Phi) is 0.997. The molecule has 1 aliphatic heterocycles. The summed E-state index contributed by atoms with van der Waals surface area (Å²) in [6.07, 6.45) is 1.78. The summed E-state index contributed by atoms with van der Waals surface area (Å²) in [7, 11) is 0. The molecule has 1 rings (SSSR count). The average Bonchev–Trinajstić information content (AvgIpc) is 1.77. The number of carbonyl (C=O) groups excluding carboxylic acids is 2. The smallest absolute Gasteiger partial charge is 0.266 e. The number of amides is 2. The van der Waals surface area contributed by atoms with E-state index in [2.05, 4.69) is 9.98 Å². The fraction of sp³-hybridized carbons (Fsp3) is 0. The van der Waals surface area contributed by atoms with Gasteiger partial charge in [0.15, 0.2) is 0 Å². The molecule has 0 unspecified atom stereocenters. The van der Waals surface area contributed by atoms with Crippen molar-refractivity contribution in [2.75, 3.05) is 0 Å². The predicted octanol–water partition coefficient (Wildman–Crippen LogP) is -0.805. The Morgan fingerprint density at radius 3 is 1.62 bits per heavy atom. The van der Waals surface area contributed by atoms with Crippen LogP contribution in [0.25, 0.3) is 0 Å². The Labute approximate surface area is 44.9 Å². The van der Waals surface area contributed by atoms with Crippen LogP contribution in [0.4, 0.5) is 0 Å². The molecule has 0 aromatic rings. The first-order valence-electron chi connectivity index (χ1n) is 1.95. The normalized spacial score (nSPS) is 17.5. The van der Waals surface area contributed by atoms with E-state index in [1.54, 1.807) is 0 Å². The van der Waals surface area contributed by atoms with Gasteiger partial charge in [-0.15, -0.1) is 0 Å². The summed E-state index contributed by atoms with van der Waals surface area (Å²) < 4.78 is 0. The van der Waals surface area contributed by atoms with E-state index < -0.39 is 11.8 Å². The molecular formula is C4H2N2O2. The molecule has 0 bridgehead atoms. The predicted molar refractivity (Wildman–Crippen MR) is 27.0 cm³/mol. The lowest BCUT2D eigenvalue weighted by Gasteiger charge is -1.86. The molecule has 0 aliphatic carbocycles. The zero-order valence-electron chi connectivity index (χ0n) is 3.87. The molecule has 0 saturated carbocycles. The van der Waals surface area contributed by atoms with Crippen molar-refractivity contribution in [1.29, 1.82) is 0 Å². The van der Waals surface area contributed by atoms with E-state index in [0.29, 0.717) is 0 Å². The van der Waals surface area contributed by atoms with E-state index in [1.807, 2.05) is 0 Å². The van der Waals surface area contributed by atoms with E-state index in [1.165, 1.54) is 0 Å². The first-order chi connectivity index (χ1) is 3.79. The van der Waals surface area contributed by atoms with Gasteiger partial charge < -0.3 is 0 Å². The molecule has 0 aromatic heterocycles. The molecule has 8 heavy (non-hydrogen) atoms. The summed E-state index contributed by atoms with van der Waals surface area (Å²) >= 11 is 0. The molecule has 1 heterocycles. The van der Waals surface area contributed by atoms with Gasteiger partial charge in [0.1, 0.15) is 0 Å². The van der Waals surface area contributed by atoms with Gasteiger partial charge in [0.05, 0.1) is 12.4 Å². The second-order valence-corrected chi connectivity index (χ2v) is 1.19. The second-order valence-electron chi connectivity index (χ2n) is 1.19. The van der Waals surface area contributed by atoms with E-state index in [9.17, 15) is 9.59 Å². The molecule has 0 atom stereocenters. The third-order valence-electron chi connectivity index (χ3n) is 0.604. The quantitative estimate of drug-likeness (QED) is 0.409. The van der Waals surface area contributed by atoms with Gasteiger partial charge >= 0.3 is 0 Å². The van der Waals surface area contributed by atoms with E-state index >= 15 is 0 Å². The molecule has 0 aromatic carbocycles. The van der Waals surface area contributed by atoms with E-state index in [-0.39, 0.29) is 0 Å². The minimum atomic E-state index is -0.482. The van der Waals surface area contributed by atoms with Crippen LogP contribution in [0.2, 0.25) is 0 Å². The van der Waals surface area contributed by atoms with Crippen LogP contribution in [-0.2, 0) is 9.59 Å². The molecule has 1 aliphatic rings. The Balaban J connectivity index is 2.83. The molecule has 0 N–H and O–H groups in total. The monoisotopic (exact) mass is 110 g/mol. The molecule has 4 nitrogen and oxygen atoms in total. The first-order valence-corrected chi connectivity index (χ1v) is 1.95. The van der Waals surface area contributed by atoms with Crippen LogP contribution in [0.3, 0.4) is 0 Å². The molecular weight excluding hydrogens is 108 g/mol. The third-order valence-corrected chi connectivity index (χ3v) is 0.604. The lowest BCUT2D eigenvalue weighted by atomic mass is 10.5. The van der Waals surface area contributed by atoms with Crippen molar-refractivity contribution in [3.05, 3.63) is 0 Å². The number of carbonyl (C=O) groups is 2. The minimum absolute atomic E-state index is 0.482. The fourth-order valence-electron chi connectivity index (χ4n) is 0.304. The van der Waals surface area contributed by atoms with Crippen molar-refractivity contribution >= 4 is 24.2 Å². The van der Waals surface area contributed by atoms with Gasteiger partial charge in [-0.2, -0.15) is 0 Å². The minimum Gasteiger partial charge on any atom is -0.266 e. The van der Waals surface area contributed by atoms with Crippen molar-refractivity contribution in [3.63, 3.8) is 0 Å². The number of rotatable bonds is 0. The number of aliphatic imine (C=N–C) groups is 2. The van der Waals surface area contributed by atoms with Gasteiger partial charge in [0, 0.05) is 0 Å². The lowest BCUT2D eigenvalue weighted by Crippen LogP contribution is -2.07. The van der Waals surface area contributed by atoms with Crippen LogP contribution in [-0.4, -0.2) is 24.2 Å². The molecule has 0 spiro atoms. The van der Waals surface area contributed by atoms with Gasteiger partial charge in [-0.25, -0.2) is 9.98 Å².